The number of carbonyl (C=O) groups is 1. The summed E-state index contributed by atoms with van der Waals surface area (Å²) in [5, 5.41) is 2.98. The second kappa shape index (κ2) is 7.84. The van der Waals surface area contributed by atoms with Gasteiger partial charge >= 0.3 is 0 Å². The zero-order valence-corrected chi connectivity index (χ0v) is 12.7. The van der Waals surface area contributed by atoms with Crippen molar-refractivity contribution in [2.75, 3.05) is 5.75 Å². The smallest absolute Gasteiger partial charge is 0.221 e. The van der Waals surface area contributed by atoms with Crippen molar-refractivity contribution in [1.29, 1.82) is 0 Å². The number of hydrogen-bond donors (Lipinski definition) is 1. The average molecular weight is 303 g/mol. The van der Waals surface area contributed by atoms with E-state index in [1.807, 2.05) is 37.3 Å². The molecule has 2 rings (SSSR count). The molecule has 0 aliphatic carbocycles. The van der Waals surface area contributed by atoms with Crippen LogP contribution in [0.4, 0.5) is 4.39 Å². The van der Waals surface area contributed by atoms with Crippen LogP contribution in [-0.4, -0.2) is 11.7 Å². The largest absolute Gasteiger partial charge is 0.350 e. The molecule has 0 aromatic heterocycles. The number of nitrogens with one attached hydrogen (secondary N) is 1. The lowest BCUT2D eigenvalue weighted by atomic mass is 10.1. The molecule has 1 atom stereocenters. The highest BCUT2D eigenvalue weighted by atomic mass is 32.2. The third-order valence-corrected chi connectivity index (χ3v) is 4.10. The Kier molecular flexibility index (Phi) is 5.81. The first-order valence-corrected chi connectivity index (χ1v) is 7.86. The number of halogens is 1. The summed E-state index contributed by atoms with van der Waals surface area (Å²) < 4.78 is 12.8. The van der Waals surface area contributed by atoms with Gasteiger partial charge < -0.3 is 5.32 Å². The molecule has 1 unspecified atom stereocenters. The Bertz CT molecular complexity index is 571. The number of rotatable bonds is 6. The van der Waals surface area contributed by atoms with Gasteiger partial charge in [-0.3, -0.25) is 4.79 Å². The first-order chi connectivity index (χ1) is 10.1. The van der Waals surface area contributed by atoms with Gasteiger partial charge in [-0.05, 0) is 36.8 Å². The molecule has 2 aromatic rings. The first-order valence-electron chi connectivity index (χ1n) is 6.88. The molecule has 0 fully saturated rings. The van der Waals surface area contributed by atoms with Crippen LogP contribution in [0, 0.1) is 5.82 Å². The van der Waals surface area contributed by atoms with Gasteiger partial charge in [0.15, 0.2) is 0 Å². The summed E-state index contributed by atoms with van der Waals surface area (Å²) in [6.07, 6.45) is 0.444. The van der Waals surface area contributed by atoms with Crippen LogP contribution in [0.2, 0.25) is 0 Å². The van der Waals surface area contributed by atoms with Crippen molar-refractivity contribution in [3.05, 3.63) is 66.0 Å². The minimum absolute atomic E-state index is 0.00882. The highest BCUT2D eigenvalue weighted by molar-refractivity contribution is 7.99. The SMILES string of the molecule is CC(NC(=O)CCSc1ccc(F)cc1)c1ccccc1. The van der Waals surface area contributed by atoms with E-state index in [1.54, 1.807) is 23.9 Å². The second-order valence-electron chi connectivity index (χ2n) is 4.75. The highest BCUT2D eigenvalue weighted by Crippen LogP contribution is 2.19. The van der Waals surface area contributed by atoms with E-state index in [0.717, 1.165) is 10.5 Å². The molecule has 2 nitrogen and oxygen atoms in total. The Hall–Kier alpha value is -1.81. The van der Waals surface area contributed by atoms with Crippen molar-refractivity contribution in [1.82, 2.24) is 5.32 Å². The fourth-order valence-corrected chi connectivity index (χ4v) is 2.78. The normalized spacial score (nSPS) is 11.9. The fraction of sp³-hybridized carbons (Fsp3) is 0.235. The van der Waals surface area contributed by atoms with Crippen LogP contribution >= 0.6 is 11.8 Å². The quantitative estimate of drug-likeness (QED) is 0.811. The summed E-state index contributed by atoms with van der Waals surface area (Å²) in [6.45, 7) is 1.97. The second-order valence-corrected chi connectivity index (χ2v) is 5.92. The van der Waals surface area contributed by atoms with E-state index in [0.29, 0.717) is 12.2 Å². The van der Waals surface area contributed by atoms with E-state index < -0.39 is 0 Å². The maximum atomic E-state index is 12.8. The van der Waals surface area contributed by atoms with Crippen molar-refractivity contribution < 1.29 is 9.18 Å². The molecule has 0 spiro atoms. The van der Waals surface area contributed by atoms with E-state index in [9.17, 15) is 9.18 Å². The van der Waals surface area contributed by atoms with Crippen LogP contribution < -0.4 is 5.32 Å². The van der Waals surface area contributed by atoms with Gasteiger partial charge in [0.25, 0.3) is 0 Å². The van der Waals surface area contributed by atoms with E-state index in [1.165, 1.54) is 12.1 Å². The maximum Gasteiger partial charge on any atom is 0.221 e. The molecule has 0 aliphatic heterocycles. The number of amides is 1. The summed E-state index contributed by atoms with van der Waals surface area (Å²) in [5.41, 5.74) is 1.09. The third-order valence-electron chi connectivity index (χ3n) is 3.09. The Balaban J connectivity index is 1.73. The molecule has 0 aliphatic rings. The van der Waals surface area contributed by atoms with Crippen LogP contribution in [0.15, 0.2) is 59.5 Å². The number of thioether (sulfide) groups is 1. The standard InChI is InChI=1S/C17H18FNOS/c1-13(14-5-3-2-4-6-14)19-17(20)11-12-21-16-9-7-15(18)8-10-16/h2-10,13H,11-12H2,1H3,(H,19,20). The predicted molar refractivity (Wildman–Crippen MR) is 84.7 cm³/mol. The molecule has 2 aromatic carbocycles. The van der Waals surface area contributed by atoms with Gasteiger partial charge in [0.2, 0.25) is 5.91 Å². The monoisotopic (exact) mass is 303 g/mol. The van der Waals surface area contributed by atoms with Crippen molar-refractivity contribution in [3.8, 4) is 0 Å². The van der Waals surface area contributed by atoms with E-state index in [-0.39, 0.29) is 17.8 Å². The van der Waals surface area contributed by atoms with Gasteiger partial charge in [-0.2, -0.15) is 0 Å². The first kappa shape index (κ1) is 15.6. The highest BCUT2D eigenvalue weighted by Gasteiger charge is 2.08. The lowest BCUT2D eigenvalue weighted by Gasteiger charge is -2.14. The Morgan fingerprint density at radius 2 is 1.81 bits per heavy atom. The molecule has 110 valence electrons. The Labute approximate surface area is 128 Å². The lowest BCUT2D eigenvalue weighted by Crippen LogP contribution is -2.26. The molecule has 0 heterocycles. The molecule has 1 amide bonds. The molecule has 4 heteroatoms. The Morgan fingerprint density at radius 1 is 1.14 bits per heavy atom. The van der Waals surface area contributed by atoms with Crippen LogP contribution in [0.5, 0.6) is 0 Å². The van der Waals surface area contributed by atoms with Crippen molar-refractivity contribution in [2.45, 2.75) is 24.3 Å². The zero-order chi connectivity index (χ0) is 15.1. The van der Waals surface area contributed by atoms with Gasteiger partial charge in [-0.1, -0.05) is 30.3 Å². The summed E-state index contributed by atoms with van der Waals surface area (Å²) in [4.78, 5) is 12.9. The van der Waals surface area contributed by atoms with Gasteiger partial charge in [0.1, 0.15) is 5.82 Å². The van der Waals surface area contributed by atoms with Gasteiger partial charge in [-0.15, -0.1) is 11.8 Å². The number of benzene rings is 2. The zero-order valence-electron chi connectivity index (χ0n) is 11.9. The molecule has 0 saturated carbocycles. The molecule has 0 bridgehead atoms. The van der Waals surface area contributed by atoms with E-state index in [2.05, 4.69) is 5.32 Å². The van der Waals surface area contributed by atoms with Crippen molar-refractivity contribution in [2.24, 2.45) is 0 Å². The molecular weight excluding hydrogens is 285 g/mol. The minimum Gasteiger partial charge on any atom is -0.350 e. The molecule has 1 N–H and O–H groups in total. The van der Waals surface area contributed by atoms with E-state index >= 15 is 0 Å². The van der Waals surface area contributed by atoms with Crippen molar-refractivity contribution >= 4 is 17.7 Å². The van der Waals surface area contributed by atoms with Gasteiger partial charge in [0.05, 0.1) is 6.04 Å². The summed E-state index contributed by atoms with van der Waals surface area (Å²) in [6, 6.07) is 16.2. The minimum atomic E-state index is -0.242. The topological polar surface area (TPSA) is 29.1 Å². The molecule has 0 radical (unpaired) electrons. The van der Waals surface area contributed by atoms with E-state index in [4.69, 9.17) is 0 Å². The molecular formula is C17H18FNOS. The maximum absolute atomic E-state index is 12.8. The van der Waals surface area contributed by atoms with Crippen LogP contribution in [0.1, 0.15) is 24.9 Å². The van der Waals surface area contributed by atoms with Crippen LogP contribution in [-0.2, 0) is 4.79 Å². The third kappa shape index (κ3) is 5.23. The predicted octanol–water partition coefficient (Wildman–Crippen LogP) is 4.19. The molecule has 0 saturated heterocycles. The fourth-order valence-electron chi connectivity index (χ4n) is 1.93. The summed E-state index contributed by atoms with van der Waals surface area (Å²) >= 11 is 1.55. The molecule has 21 heavy (non-hydrogen) atoms. The Morgan fingerprint density at radius 3 is 2.48 bits per heavy atom. The van der Waals surface area contributed by atoms with Crippen LogP contribution in [0.25, 0.3) is 0 Å². The summed E-state index contributed by atoms with van der Waals surface area (Å²) in [5.74, 6) is 0.466. The summed E-state index contributed by atoms with van der Waals surface area (Å²) in [7, 11) is 0. The van der Waals surface area contributed by atoms with Gasteiger partial charge in [-0.25, -0.2) is 4.39 Å². The van der Waals surface area contributed by atoms with Crippen molar-refractivity contribution in [3.63, 3.8) is 0 Å². The average Bonchev–Trinajstić information content (AvgIpc) is 2.50. The van der Waals surface area contributed by atoms with Crippen LogP contribution in [0.3, 0.4) is 0 Å². The number of hydrogen-bond acceptors (Lipinski definition) is 2. The van der Waals surface area contributed by atoms with Gasteiger partial charge in [0, 0.05) is 17.1 Å². The lowest BCUT2D eigenvalue weighted by molar-refractivity contribution is -0.121. The number of carbonyl (C=O) groups excluding carboxylic acids is 1.